The number of rotatable bonds is 6. The second kappa shape index (κ2) is 7.01. The maximum absolute atomic E-state index is 10.9. The van der Waals surface area contributed by atoms with Crippen molar-refractivity contribution in [3.63, 3.8) is 0 Å². The van der Waals surface area contributed by atoms with Gasteiger partial charge in [0, 0.05) is 6.42 Å². The van der Waals surface area contributed by atoms with Gasteiger partial charge in [-0.1, -0.05) is 12.1 Å². The van der Waals surface area contributed by atoms with Crippen LogP contribution in [-0.4, -0.2) is 12.5 Å². The van der Waals surface area contributed by atoms with E-state index in [1.54, 1.807) is 0 Å². The molecule has 0 aromatic heterocycles. The largest absolute Gasteiger partial charge is 0.493 e. The van der Waals surface area contributed by atoms with Crippen molar-refractivity contribution in [1.82, 2.24) is 5.43 Å². The lowest BCUT2D eigenvalue weighted by molar-refractivity contribution is -0.121. The minimum Gasteiger partial charge on any atom is -0.493 e. The summed E-state index contributed by atoms with van der Waals surface area (Å²) in [4.78, 5) is 10.9. The first-order valence-electron chi connectivity index (χ1n) is 6.25. The first kappa shape index (κ1) is 14.5. The number of hydrogen-bond acceptors (Lipinski definition) is 3. The molecular weight excluding hydrogens is 228 g/mol. The zero-order valence-corrected chi connectivity index (χ0v) is 11.4. The smallest absolute Gasteiger partial charge is 0.233 e. The highest BCUT2D eigenvalue weighted by Gasteiger charge is 2.06. The fourth-order valence-electron chi connectivity index (χ4n) is 1.78. The topological polar surface area (TPSA) is 64.3 Å². The van der Waals surface area contributed by atoms with E-state index in [1.165, 1.54) is 11.1 Å². The maximum Gasteiger partial charge on any atom is 0.233 e. The molecule has 1 aromatic rings. The van der Waals surface area contributed by atoms with Gasteiger partial charge in [0.05, 0.1) is 6.61 Å². The van der Waals surface area contributed by atoms with Crippen LogP contribution in [0.3, 0.4) is 0 Å². The molecule has 4 heteroatoms. The average molecular weight is 250 g/mol. The average Bonchev–Trinajstić information content (AvgIpc) is 2.37. The number of ether oxygens (including phenoxy) is 1. The van der Waals surface area contributed by atoms with Crippen LogP contribution in [0.15, 0.2) is 12.1 Å². The highest BCUT2D eigenvalue weighted by atomic mass is 16.5. The molecule has 18 heavy (non-hydrogen) atoms. The second-order valence-electron chi connectivity index (χ2n) is 4.53. The minimum absolute atomic E-state index is 0.127. The van der Waals surface area contributed by atoms with E-state index in [9.17, 15) is 4.79 Å². The van der Waals surface area contributed by atoms with Gasteiger partial charge in [-0.05, 0) is 50.3 Å². The summed E-state index contributed by atoms with van der Waals surface area (Å²) in [6.07, 6.45) is 2.08. The molecule has 0 aliphatic heterocycles. The molecule has 0 unspecified atom stereocenters. The van der Waals surface area contributed by atoms with E-state index in [0.717, 1.165) is 24.2 Å². The first-order valence-corrected chi connectivity index (χ1v) is 6.25. The number of aryl methyl sites for hydroxylation is 2. The van der Waals surface area contributed by atoms with E-state index in [4.69, 9.17) is 10.6 Å². The van der Waals surface area contributed by atoms with Crippen LogP contribution in [0.1, 0.15) is 36.0 Å². The fourth-order valence-corrected chi connectivity index (χ4v) is 1.78. The number of hydrazine groups is 1. The van der Waals surface area contributed by atoms with Crippen molar-refractivity contribution in [3.8, 4) is 5.75 Å². The van der Waals surface area contributed by atoms with Gasteiger partial charge in [0.25, 0.3) is 0 Å². The number of carbonyl (C=O) groups is 1. The minimum atomic E-state index is -0.127. The van der Waals surface area contributed by atoms with Crippen molar-refractivity contribution in [2.24, 2.45) is 5.84 Å². The predicted octanol–water partition coefficient (Wildman–Crippen LogP) is 2.15. The molecule has 0 bridgehead atoms. The molecule has 0 spiro atoms. The number of amides is 1. The van der Waals surface area contributed by atoms with E-state index in [-0.39, 0.29) is 5.91 Å². The molecule has 0 saturated carbocycles. The molecule has 0 atom stereocenters. The van der Waals surface area contributed by atoms with Gasteiger partial charge in [0.2, 0.25) is 5.91 Å². The van der Waals surface area contributed by atoms with E-state index in [1.807, 2.05) is 6.92 Å². The number of nitrogens with one attached hydrogen (secondary N) is 1. The predicted molar refractivity (Wildman–Crippen MR) is 72.3 cm³/mol. The molecule has 100 valence electrons. The summed E-state index contributed by atoms with van der Waals surface area (Å²) >= 11 is 0. The monoisotopic (exact) mass is 250 g/mol. The van der Waals surface area contributed by atoms with Gasteiger partial charge in [0.15, 0.2) is 0 Å². The molecule has 0 aliphatic rings. The van der Waals surface area contributed by atoms with Crippen molar-refractivity contribution >= 4 is 5.91 Å². The number of unbranched alkanes of at least 4 members (excludes halogenated alkanes) is 1. The van der Waals surface area contributed by atoms with Gasteiger partial charge in [-0.15, -0.1) is 0 Å². The Kier molecular flexibility index (Phi) is 5.65. The molecular formula is C14H22N2O2. The summed E-state index contributed by atoms with van der Waals surface area (Å²) in [7, 11) is 0. The maximum atomic E-state index is 10.9. The van der Waals surface area contributed by atoms with Gasteiger partial charge in [-0.3, -0.25) is 10.2 Å². The van der Waals surface area contributed by atoms with Gasteiger partial charge >= 0.3 is 0 Å². The molecule has 4 nitrogen and oxygen atoms in total. The van der Waals surface area contributed by atoms with Crippen molar-refractivity contribution in [2.45, 2.75) is 40.0 Å². The molecule has 0 fully saturated rings. The summed E-state index contributed by atoms with van der Waals surface area (Å²) in [5.74, 6) is 5.85. The van der Waals surface area contributed by atoms with E-state index < -0.39 is 0 Å². The first-order chi connectivity index (χ1) is 8.56. The van der Waals surface area contributed by atoms with Gasteiger partial charge in [-0.25, -0.2) is 5.84 Å². The van der Waals surface area contributed by atoms with Crippen LogP contribution in [0.2, 0.25) is 0 Å². The Bertz CT molecular complexity index is 417. The Hall–Kier alpha value is -1.55. The van der Waals surface area contributed by atoms with Crippen molar-refractivity contribution < 1.29 is 9.53 Å². The van der Waals surface area contributed by atoms with Crippen LogP contribution in [0.25, 0.3) is 0 Å². The summed E-state index contributed by atoms with van der Waals surface area (Å²) in [5.41, 5.74) is 5.69. The molecule has 1 amide bonds. The molecule has 1 rings (SSSR count). The zero-order chi connectivity index (χ0) is 13.5. The molecule has 3 N–H and O–H groups in total. The fraction of sp³-hybridized carbons (Fsp3) is 0.500. The number of carbonyl (C=O) groups excluding carboxylic acids is 1. The van der Waals surface area contributed by atoms with Gasteiger partial charge < -0.3 is 4.74 Å². The molecule has 0 heterocycles. The quantitative estimate of drug-likeness (QED) is 0.352. The van der Waals surface area contributed by atoms with Crippen molar-refractivity contribution in [2.75, 3.05) is 6.61 Å². The Morgan fingerprint density at radius 1 is 1.22 bits per heavy atom. The number of hydrogen-bond donors (Lipinski definition) is 2. The summed E-state index contributed by atoms with van der Waals surface area (Å²) in [6.45, 7) is 6.82. The van der Waals surface area contributed by atoms with E-state index in [2.05, 4.69) is 31.4 Å². The Balaban J connectivity index is 2.40. The van der Waals surface area contributed by atoms with Crippen LogP contribution in [0.4, 0.5) is 0 Å². The van der Waals surface area contributed by atoms with E-state index in [0.29, 0.717) is 13.0 Å². The van der Waals surface area contributed by atoms with E-state index >= 15 is 0 Å². The van der Waals surface area contributed by atoms with Crippen molar-refractivity contribution in [1.29, 1.82) is 0 Å². The van der Waals surface area contributed by atoms with Crippen molar-refractivity contribution in [3.05, 3.63) is 28.8 Å². The van der Waals surface area contributed by atoms with Crippen LogP contribution in [0, 0.1) is 20.8 Å². The second-order valence-corrected chi connectivity index (χ2v) is 4.53. The third-order valence-corrected chi connectivity index (χ3v) is 3.08. The molecule has 1 aromatic carbocycles. The van der Waals surface area contributed by atoms with Crippen LogP contribution in [-0.2, 0) is 4.79 Å². The third-order valence-electron chi connectivity index (χ3n) is 3.08. The van der Waals surface area contributed by atoms with Crippen LogP contribution in [0.5, 0.6) is 5.75 Å². The highest BCUT2D eigenvalue weighted by Crippen LogP contribution is 2.25. The van der Waals surface area contributed by atoms with Gasteiger partial charge in [0.1, 0.15) is 5.75 Å². The lowest BCUT2D eigenvalue weighted by atomic mass is 10.1. The zero-order valence-electron chi connectivity index (χ0n) is 11.4. The van der Waals surface area contributed by atoms with Gasteiger partial charge in [-0.2, -0.15) is 0 Å². The third kappa shape index (κ3) is 4.04. The highest BCUT2D eigenvalue weighted by molar-refractivity contribution is 5.75. The standard InChI is InChI=1S/C14H22N2O2/c1-10-7-8-11(2)14(12(10)3)18-9-5-4-6-13(17)16-15/h7-8H,4-6,9,15H2,1-3H3,(H,16,17). The normalized spacial score (nSPS) is 10.2. The molecule has 0 radical (unpaired) electrons. The Morgan fingerprint density at radius 2 is 1.89 bits per heavy atom. The summed E-state index contributed by atoms with van der Waals surface area (Å²) in [5, 5.41) is 0. The van der Waals surface area contributed by atoms with Crippen LogP contribution >= 0.6 is 0 Å². The summed E-state index contributed by atoms with van der Waals surface area (Å²) in [6, 6.07) is 4.17. The SMILES string of the molecule is Cc1ccc(C)c(OCCCCC(=O)NN)c1C. The summed E-state index contributed by atoms with van der Waals surface area (Å²) < 4.78 is 5.80. The molecule has 0 saturated heterocycles. The van der Waals surface area contributed by atoms with Crippen LogP contribution < -0.4 is 16.0 Å². The molecule has 0 aliphatic carbocycles. The number of nitrogens with two attached hydrogens (primary N) is 1. The lowest BCUT2D eigenvalue weighted by Gasteiger charge is -2.13. The Labute approximate surface area is 108 Å². The Morgan fingerprint density at radius 3 is 2.56 bits per heavy atom. The number of benzene rings is 1. The lowest BCUT2D eigenvalue weighted by Crippen LogP contribution is -2.29.